The fourth-order valence-corrected chi connectivity index (χ4v) is 0.855. The van der Waals surface area contributed by atoms with Crippen LogP contribution in [0.25, 0.3) is 0 Å². The van der Waals surface area contributed by atoms with E-state index in [9.17, 15) is 0 Å². The summed E-state index contributed by atoms with van der Waals surface area (Å²) < 4.78 is 1.71. The van der Waals surface area contributed by atoms with Crippen molar-refractivity contribution in [2.24, 2.45) is 0 Å². The van der Waals surface area contributed by atoms with Crippen LogP contribution in [0.1, 0.15) is 5.82 Å². The lowest BCUT2D eigenvalue weighted by Gasteiger charge is -1.93. The van der Waals surface area contributed by atoms with Gasteiger partial charge in [-0.15, -0.1) is 5.10 Å². The Morgan fingerprint density at radius 2 is 2.45 bits per heavy atom. The molecule has 0 aliphatic carbocycles. The molecule has 0 fully saturated rings. The van der Waals surface area contributed by atoms with Crippen molar-refractivity contribution in [3.8, 4) is 0 Å². The number of imidazole rings is 1. The van der Waals surface area contributed by atoms with Gasteiger partial charge in [-0.2, -0.15) is 0 Å². The zero-order valence-corrected chi connectivity index (χ0v) is 5.81. The van der Waals surface area contributed by atoms with Crippen molar-refractivity contribution in [1.29, 1.82) is 0 Å². The van der Waals surface area contributed by atoms with Crippen molar-refractivity contribution in [3.05, 3.63) is 30.6 Å². The van der Waals surface area contributed by atoms with Crippen molar-refractivity contribution in [2.75, 3.05) is 0 Å². The second-order valence-electron chi connectivity index (χ2n) is 2.14. The molecule has 2 aromatic rings. The highest BCUT2D eigenvalue weighted by Crippen LogP contribution is 1.91. The molecule has 0 atom stereocenters. The lowest BCUT2D eigenvalue weighted by atomic mass is 10.6. The minimum atomic E-state index is 0.646. The van der Waals surface area contributed by atoms with E-state index in [1.165, 1.54) is 0 Å². The van der Waals surface area contributed by atoms with Crippen molar-refractivity contribution < 1.29 is 0 Å². The summed E-state index contributed by atoms with van der Waals surface area (Å²) in [5.41, 5.74) is 0. The summed E-state index contributed by atoms with van der Waals surface area (Å²) in [5, 5.41) is 7.47. The third kappa shape index (κ3) is 1.26. The van der Waals surface area contributed by atoms with Gasteiger partial charge in [-0.3, -0.25) is 0 Å². The van der Waals surface area contributed by atoms with E-state index < -0.39 is 0 Å². The number of hydrogen-bond acceptors (Lipinski definition) is 3. The molecule has 0 spiro atoms. The summed E-state index contributed by atoms with van der Waals surface area (Å²) in [6.07, 6.45) is 6.93. The molecule has 5 nitrogen and oxygen atoms in total. The van der Waals surface area contributed by atoms with E-state index in [4.69, 9.17) is 0 Å². The van der Waals surface area contributed by atoms with Crippen LogP contribution in [-0.4, -0.2) is 25.0 Å². The van der Waals surface area contributed by atoms with Crippen LogP contribution in [0.15, 0.2) is 24.8 Å². The van der Waals surface area contributed by atoms with Crippen LogP contribution in [0, 0.1) is 0 Å². The Hall–Kier alpha value is -1.65. The molecule has 0 radical (unpaired) electrons. The zero-order chi connectivity index (χ0) is 7.52. The van der Waals surface area contributed by atoms with E-state index in [0.717, 1.165) is 5.82 Å². The van der Waals surface area contributed by atoms with E-state index >= 15 is 0 Å². The third-order valence-electron chi connectivity index (χ3n) is 1.34. The van der Waals surface area contributed by atoms with Gasteiger partial charge in [-0.1, -0.05) is 5.21 Å². The highest BCUT2D eigenvalue weighted by atomic mass is 15.4. The Morgan fingerprint density at radius 3 is 3.09 bits per heavy atom. The first-order chi connectivity index (χ1) is 5.45. The van der Waals surface area contributed by atoms with Gasteiger partial charge in [0, 0.05) is 18.6 Å². The predicted octanol–water partition coefficient (Wildman–Crippen LogP) is 0.0495. The van der Waals surface area contributed by atoms with Gasteiger partial charge in [-0.25, -0.2) is 9.67 Å². The second-order valence-corrected chi connectivity index (χ2v) is 2.14. The molecule has 11 heavy (non-hydrogen) atoms. The average molecular weight is 149 g/mol. The largest absolute Gasteiger partial charge is 0.347 e. The smallest absolute Gasteiger partial charge is 0.127 e. The third-order valence-corrected chi connectivity index (χ3v) is 1.34. The summed E-state index contributed by atoms with van der Waals surface area (Å²) >= 11 is 0. The van der Waals surface area contributed by atoms with Crippen molar-refractivity contribution >= 4 is 0 Å². The Kier molecular flexibility index (Phi) is 1.40. The molecule has 0 saturated heterocycles. The monoisotopic (exact) mass is 149 g/mol. The van der Waals surface area contributed by atoms with Gasteiger partial charge < -0.3 is 4.98 Å². The molecule has 0 aliphatic rings. The number of aromatic nitrogens is 5. The Balaban J connectivity index is 2.14. The number of H-pyrrole nitrogens is 1. The van der Waals surface area contributed by atoms with E-state index in [0.29, 0.717) is 6.54 Å². The van der Waals surface area contributed by atoms with E-state index in [-0.39, 0.29) is 0 Å². The van der Waals surface area contributed by atoms with E-state index in [1.54, 1.807) is 29.5 Å². The van der Waals surface area contributed by atoms with Gasteiger partial charge in [-0.05, 0) is 0 Å². The summed E-state index contributed by atoms with van der Waals surface area (Å²) in [4.78, 5) is 7.02. The Morgan fingerprint density at radius 1 is 1.45 bits per heavy atom. The predicted molar refractivity (Wildman–Crippen MR) is 37.7 cm³/mol. The van der Waals surface area contributed by atoms with Crippen molar-refractivity contribution in [3.63, 3.8) is 0 Å². The van der Waals surface area contributed by atoms with Crippen LogP contribution < -0.4 is 0 Å². The summed E-state index contributed by atoms with van der Waals surface area (Å²) in [5.74, 6) is 0.885. The minimum Gasteiger partial charge on any atom is -0.347 e. The molecule has 2 aromatic heterocycles. The molecule has 0 amide bonds. The number of hydrogen-bond donors (Lipinski definition) is 1. The number of aromatic amines is 1. The molecule has 2 heterocycles. The normalized spacial score (nSPS) is 10.2. The van der Waals surface area contributed by atoms with Gasteiger partial charge in [0.25, 0.3) is 0 Å². The number of nitrogens with one attached hydrogen (secondary N) is 1. The lowest BCUT2D eigenvalue weighted by molar-refractivity contribution is 0.629. The first kappa shape index (κ1) is 6.09. The number of rotatable bonds is 2. The Bertz CT molecular complexity index is 263. The molecule has 0 aromatic carbocycles. The summed E-state index contributed by atoms with van der Waals surface area (Å²) in [6.45, 7) is 0.646. The topological polar surface area (TPSA) is 59.4 Å². The minimum absolute atomic E-state index is 0.646. The standard InChI is InChI=1S/C6H7N5/c1-2-8-6(7-1)5-11-4-3-9-10-11/h1-4H,5H2,(H,7,8). The fourth-order valence-electron chi connectivity index (χ4n) is 0.855. The maximum Gasteiger partial charge on any atom is 0.127 e. The quantitative estimate of drug-likeness (QED) is 0.656. The molecule has 1 N–H and O–H groups in total. The van der Waals surface area contributed by atoms with Crippen LogP contribution in [0.3, 0.4) is 0 Å². The molecule has 5 heteroatoms. The van der Waals surface area contributed by atoms with Gasteiger partial charge in [0.15, 0.2) is 0 Å². The van der Waals surface area contributed by atoms with Crippen molar-refractivity contribution in [2.45, 2.75) is 6.54 Å². The van der Waals surface area contributed by atoms with Crippen LogP contribution >= 0.6 is 0 Å². The summed E-state index contributed by atoms with van der Waals surface area (Å²) in [6, 6.07) is 0. The molecule has 56 valence electrons. The fraction of sp³-hybridized carbons (Fsp3) is 0.167. The summed E-state index contributed by atoms with van der Waals surface area (Å²) in [7, 11) is 0. The molecule has 0 bridgehead atoms. The second kappa shape index (κ2) is 2.53. The van der Waals surface area contributed by atoms with Crippen LogP contribution in [-0.2, 0) is 6.54 Å². The van der Waals surface area contributed by atoms with Crippen LogP contribution in [0.5, 0.6) is 0 Å². The molecule has 2 rings (SSSR count). The number of nitrogens with zero attached hydrogens (tertiary/aromatic N) is 4. The Labute approximate surface area is 63.1 Å². The first-order valence-electron chi connectivity index (χ1n) is 3.27. The highest BCUT2D eigenvalue weighted by Gasteiger charge is 1.95. The van der Waals surface area contributed by atoms with Gasteiger partial charge in [0.1, 0.15) is 12.4 Å². The molecule has 0 saturated carbocycles. The van der Waals surface area contributed by atoms with Gasteiger partial charge in [0.05, 0.1) is 6.20 Å². The maximum atomic E-state index is 4.05. The molecular formula is C6H7N5. The SMILES string of the molecule is c1cn(Cc2ncc[nH]2)nn1. The molecular weight excluding hydrogens is 142 g/mol. The zero-order valence-electron chi connectivity index (χ0n) is 5.81. The van der Waals surface area contributed by atoms with E-state index in [1.807, 2.05) is 0 Å². The molecule has 0 aliphatic heterocycles. The van der Waals surface area contributed by atoms with Crippen LogP contribution in [0.2, 0.25) is 0 Å². The highest BCUT2D eigenvalue weighted by molar-refractivity contribution is 4.87. The van der Waals surface area contributed by atoms with Crippen molar-refractivity contribution in [1.82, 2.24) is 25.0 Å². The van der Waals surface area contributed by atoms with E-state index in [2.05, 4.69) is 20.3 Å². The van der Waals surface area contributed by atoms with Gasteiger partial charge >= 0.3 is 0 Å². The maximum absolute atomic E-state index is 4.05. The lowest BCUT2D eigenvalue weighted by Crippen LogP contribution is -2.01. The van der Waals surface area contributed by atoms with Gasteiger partial charge in [0.2, 0.25) is 0 Å². The molecule has 0 unspecified atom stereocenters. The van der Waals surface area contributed by atoms with Crippen LogP contribution in [0.4, 0.5) is 0 Å². The average Bonchev–Trinajstić information content (AvgIpc) is 2.60. The first-order valence-corrected chi connectivity index (χ1v) is 3.27.